The molecule has 0 aromatic heterocycles. The molecule has 0 radical (unpaired) electrons. The standard InChI is InChI=1S/C20H43O4PS.C5H14NO/c1-2-3-4-5-6-7-8-9-10-11-12-13-14-15-16-17-19-26-20-18-24-25(21,22)23;1-6(2,3)4-5-7/h2-20H2,1H3,(H2,21,22,23);7H,4-5H2,1-3H3/q;+1. The molecule has 8 heteroatoms. The molecule has 0 spiro atoms. The number of phosphoric ester groups is 1. The second kappa shape index (κ2) is 25.5. The van der Waals surface area contributed by atoms with E-state index in [0.29, 0.717) is 5.75 Å². The van der Waals surface area contributed by atoms with Gasteiger partial charge in [-0.1, -0.05) is 103 Å². The third-order valence-corrected chi connectivity index (χ3v) is 6.95. The van der Waals surface area contributed by atoms with E-state index in [1.54, 1.807) is 11.8 Å². The predicted octanol–water partition coefficient (Wildman–Crippen LogP) is 6.78. The molecule has 0 aliphatic rings. The number of thioether (sulfide) groups is 1. The summed E-state index contributed by atoms with van der Waals surface area (Å²) in [6.45, 7) is 3.52. The van der Waals surface area contributed by atoms with E-state index < -0.39 is 7.82 Å². The Morgan fingerprint density at radius 2 is 1.09 bits per heavy atom. The van der Waals surface area contributed by atoms with Gasteiger partial charge in [-0.3, -0.25) is 4.52 Å². The highest BCUT2D eigenvalue weighted by Gasteiger charge is 2.12. The number of rotatable bonds is 23. The summed E-state index contributed by atoms with van der Waals surface area (Å²) in [7, 11) is 1.88. The molecule has 0 rings (SSSR count). The van der Waals surface area contributed by atoms with Crippen molar-refractivity contribution >= 4 is 19.6 Å². The van der Waals surface area contributed by atoms with Gasteiger partial charge >= 0.3 is 7.82 Å². The molecule has 202 valence electrons. The Balaban J connectivity index is 0. The van der Waals surface area contributed by atoms with Gasteiger partial charge in [0.25, 0.3) is 0 Å². The molecule has 3 N–H and O–H groups in total. The minimum Gasteiger partial charge on any atom is -0.391 e. The molecule has 0 amide bonds. The third kappa shape index (κ3) is 39.9. The van der Waals surface area contributed by atoms with Crippen LogP contribution in [0.4, 0.5) is 0 Å². The maximum Gasteiger partial charge on any atom is 0.469 e. The van der Waals surface area contributed by atoms with Gasteiger partial charge in [0.2, 0.25) is 0 Å². The molecule has 0 atom stereocenters. The molecule has 0 aromatic carbocycles. The quantitative estimate of drug-likeness (QED) is 0.0792. The normalized spacial score (nSPS) is 12.0. The predicted molar refractivity (Wildman–Crippen MR) is 145 cm³/mol. The van der Waals surface area contributed by atoms with Crippen LogP contribution in [0.15, 0.2) is 0 Å². The van der Waals surface area contributed by atoms with Crippen molar-refractivity contribution in [2.24, 2.45) is 0 Å². The monoisotopic (exact) mass is 514 g/mol. The largest absolute Gasteiger partial charge is 0.469 e. The molecular weight excluding hydrogens is 457 g/mol. The van der Waals surface area contributed by atoms with Crippen molar-refractivity contribution in [2.75, 3.05) is 52.4 Å². The van der Waals surface area contributed by atoms with Crippen molar-refractivity contribution in [1.29, 1.82) is 0 Å². The zero-order chi connectivity index (χ0) is 25.3. The van der Waals surface area contributed by atoms with Crippen LogP contribution < -0.4 is 0 Å². The van der Waals surface area contributed by atoms with Crippen molar-refractivity contribution in [3.05, 3.63) is 0 Å². The smallest absolute Gasteiger partial charge is 0.391 e. The minimum absolute atomic E-state index is 0.133. The summed E-state index contributed by atoms with van der Waals surface area (Å²) >= 11 is 1.71. The van der Waals surface area contributed by atoms with Crippen LogP contribution in [0.25, 0.3) is 0 Å². The summed E-state index contributed by atoms with van der Waals surface area (Å²) in [6.07, 6.45) is 22.1. The zero-order valence-corrected chi connectivity index (χ0v) is 24.0. The number of aliphatic hydroxyl groups is 1. The van der Waals surface area contributed by atoms with Gasteiger partial charge in [-0.25, -0.2) is 4.57 Å². The van der Waals surface area contributed by atoms with Gasteiger partial charge in [0, 0.05) is 5.75 Å². The van der Waals surface area contributed by atoms with E-state index >= 15 is 0 Å². The first-order chi connectivity index (χ1) is 15.6. The van der Waals surface area contributed by atoms with E-state index in [9.17, 15) is 4.57 Å². The van der Waals surface area contributed by atoms with Crippen molar-refractivity contribution < 1.29 is 28.5 Å². The maximum atomic E-state index is 10.5. The minimum atomic E-state index is -4.27. The lowest BCUT2D eigenvalue weighted by atomic mass is 10.0. The van der Waals surface area contributed by atoms with E-state index in [1.165, 1.54) is 103 Å². The van der Waals surface area contributed by atoms with Crippen LogP contribution in [0.5, 0.6) is 0 Å². The number of hydrogen-bond donors (Lipinski definition) is 3. The molecule has 33 heavy (non-hydrogen) atoms. The second-order valence-corrected chi connectivity index (χ2v) is 12.4. The number of aliphatic hydroxyl groups excluding tert-OH is 1. The summed E-state index contributed by atoms with van der Waals surface area (Å²) in [5.41, 5.74) is 0. The van der Waals surface area contributed by atoms with E-state index in [-0.39, 0.29) is 13.2 Å². The highest BCUT2D eigenvalue weighted by atomic mass is 32.2. The fourth-order valence-corrected chi connectivity index (χ4v) is 4.64. The van der Waals surface area contributed by atoms with Crippen LogP contribution >= 0.6 is 19.6 Å². The topological polar surface area (TPSA) is 87.0 Å². The first-order valence-corrected chi connectivity index (χ1v) is 16.0. The molecule has 0 aliphatic carbocycles. The van der Waals surface area contributed by atoms with Crippen LogP contribution in [0.1, 0.15) is 110 Å². The molecule has 0 unspecified atom stereocenters. The molecule has 0 heterocycles. The number of likely N-dealkylation sites (N-methyl/N-ethyl adjacent to an activating group) is 1. The Morgan fingerprint density at radius 3 is 1.39 bits per heavy atom. The lowest BCUT2D eigenvalue weighted by Gasteiger charge is -2.21. The molecular formula is C25H57NO5PS+. The molecule has 0 aromatic rings. The number of unbranched alkanes of at least 4 members (excludes halogenated alkanes) is 15. The Morgan fingerprint density at radius 1 is 0.697 bits per heavy atom. The summed E-state index contributed by atoms with van der Waals surface area (Å²) in [5.74, 6) is 1.72. The Labute approximate surface area is 210 Å². The van der Waals surface area contributed by atoms with E-state index in [1.807, 2.05) is 0 Å². The molecule has 0 fully saturated rings. The van der Waals surface area contributed by atoms with Crippen molar-refractivity contribution in [2.45, 2.75) is 110 Å². The van der Waals surface area contributed by atoms with Crippen molar-refractivity contribution in [1.82, 2.24) is 0 Å². The van der Waals surface area contributed by atoms with Gasteiger partial charge < -0.3 is 19.4 Å². The Kier molecular flexibility index (Phi) is 27.4. The van der Waals surface area contributed by atoms with Gasteiger partial charge in [0.1, 0.15) is 6.54 Å². The lowest BCUT2D eigenvalue weighted by molar-refractivity contribution is -0.870. The SMILES string of the molecule is CCCCCCCCCCCCCCCCCCSCCOP(=O)(O)O.C[N+](C)(C)CCO. The number of hydrogen-bond acceptors (Lipinski definition) is 4. The van der Waals surface area contributed by atoms with Crippen LogP contribution in [0.3, 0.4) is 0 Å². The third-order valence-electron chi connectivity index (χ3n) is 5.40. The average molecular weight is 515 g/mol. The van der Waals surface area contributed by atoms with Crippen LogP contribution in [0.2, 0.25) is 0 Å². The first-order valence-electron chi connectivity index (χ1n) is 13.3. The molecule has 0 bridgehead atoms. The first kappa shape index (κ1) is 35.5. The summed E-state index contributed by atoms with van der Waals surface area (Å²) in [5, 5.41) is 8.39. The van der Waals surface area contributed by atoms with Gasteiger partial charge in [-0.2, -0.15) is 11.8 Å². The summed E-state index contributed by atoms with van der Waals surface area (Å²) in [6, 6.07) is 0. The van der Waals surface area contributed by atoms with Crippen LogP contribution in [0, 0.1) is 0 Å². The van der Waals surface area contributed by atoms with E-state index in [4.69, 9.17) is 14.9 Å². The summed E-state index contributed by atoms with van der Waals surface area (Å²) in [4.78, 5) is 17.1. The van der Waals surface area contributed by atoms with Gasteiger partial charge in [-0.15, -0.1) is 0 Å². The van der Waals surface area contributed by atoms with Gasteiger partial charge in [-0.05, 0) is 12.2 Å². The highest BCUT2D eigenvalue weighted by molar-refractivity contribution is 7.99. The Hall–Kier alpha value is 0.380. The zero-order valence-electron chi connectivity index (χ0n) is 22.3. The fourth-order valence-electron chi connectivity index (χ4n) is 3.37. The van der Waals surface area contributed by atoms with E-state index in [2.05, 4.69) is 32.6 Å². The van der Waals surface area contributed by atoms with Gasteiger partial charge in [0.05, 0.1) is 34.4 Å². The average Bonchev–Trinajstić information content (AvgIpc) is 2.71. The second-order valence-electron chi connectivity index (χ2n) is 9.98. The molecule has 0 saturated heterocycles. The maximum absolute atomic E-state index is 10.5. The van der Waals surface area contributed by atoms with Crippen LogP contribution in [-0.2, 0) is 9.09 Å². The molecule has 0 saturated carbocycles. The van der Waals surface area contributed by atoms with Crippen molar-refractivity contribution in [3.8, 4) is 0 Å². The number of phosphoric acid groups is 1. The van der Waals surface area contributed by atoms with Crippen molar-refractivity contribution in [3.63, 3.8) is 0 Å². The lowest BCUT2D eigenvalue weighted by Crippen LogP contribution is -2.36. The van der Waals surface area contributed by atoms with E-state index in [0.717, 1.165) is 16.8 Å². The molecule has 0 aliphatic heterocycles. The summed E-state index contributed by atoms with van der Waals surface area (Å²) < 4.78 is 15.7. The fraction of sp³-hybridized carbons (Fsp3) is 1.00. The molecule has 6 nitrogen and oxygen atoms in total. The van der Waals surface area contributed by atoms with Crippen LogP contribution in [-0.4, -0.2) is 71.8 Å². The number of quaternary nitrogens is 1. The Bertz CT molecular complexity index is 430. The highest BCUT2D eigenvalue weighted by Crippen LogP contribution is 2.35. The van der Waals surface area contributed by atoms with Gasteiger partial charge in [0.15, 0.2) is 0 Å². The number of nitrogens with zero attached hydrogens (tertiary/aromatic N) is 1.